The van der Waals surface area contributed by atoms with Gasteiger partial charge < -0.3 is 6.41 Å². The number of benzene rings is 1. The van der Waals surface area contributed by atoms with Crippen LogP contribution < -0.4 is 51.4 Å². The van der Waals surface area contributed by atoms with Crippen molar-refractivity contribution in [2.45, 2.75) is 0 Å². The quantitative estimate of drug-likeness (QED) is 0.549. The van der Waals surface area contributed by atoms with Crippen molar-refractivity contribution >= 4 is 33.8 Å². The maximum absolute atomic E-state index is 13.4. The normalized spacial score (nSPS) is 9.67. The Labute approximate surface area is 137 Å². The van der Waals surface area contributed by atoms with Gasteiger partial charge in [0.15, 0.2) is 9.77 Å². The molecule has 0 aliphatic heterocycles. The number of nitriles is 1. The Morgan fingerprint density at radius 1 is 1.53 bits per heavy atom. The monoisotopic (exact) mass is 268 g/mol. The van der Waals surface area contributed by atoms with Crippen LogP contribution in [-0.2, 0) is 0 Å². The molecule has 72 valence electrons. The van der Waals surface area contributed by atoms with E-state index in [4.69, 9.17) is 17.5 Å². The first kappa shape index (κ1) is 13.4. The molecule has 0 unspecified atom stereocenters. The van der Waals surface area contributed by atoms with E-state index in [2.05, 4.69) is 4.98 Å². The molecule has 0 bridgehead atoms. The Bertz CT molecular complexity index is 617. The predicted octanol–water partition coefficient (Wildman–Crippen LogP) is 0.225. The van der Waals surface area contributed by atoms with E-state index in [9.17, 15) is 8.78 Å². The second-order valence-electron chi connectivity index (χ2n) is 2.55. The second-order valence-corrected chi connectivity index (χ2v) is 4.24. The fourth-order valence-corrected chi connectivity index (χ4v) is 2.26. The van der Waals surface area contributed by atoms with Gasteiger partial charge in [0, 0.05) is 0 Å². The molecule has 0 radical (unpaired) electrons. The van der Waals surface area contributed by atoms with Crippen LogP contribution in [0.2, 0.25) is 0 Å². The molecule has 2 aromatic rings. The van der Waals surface area contributed by atoms with Gasteiger partial charge in [-0.15, -0.1) is 11.3 Å². The summed E-state index contributed by atoms with van der Waals surface area (Å²) in [5.41, 5.74) is -0.281. The second kappa shape index (κ2) is 5.10. The van der Waals surface area contributed by atoms with Gasteiger partial charge in [-0.2, -0.15) is 5.26 Å². The SMILES string of the molecule is N#Cc1cc(F)c2[nH]c(=S)sc2c1F.[H-].[K+]. The van der Waals surface area contributed by atoms with Crippen LogP contribution in [0.3, 0.4) is 0 Å². The van der Waals surface area contributed by atoms with E-state index >= 15 is 0 Å². The molecule has 0 fully saturated rings. The zero-order valence-electron chi connectivity index (χ0n) is 8.60. The Morgan fingerprint density at radius 2 is 2.20 bits per heavy atom. The van der Waals surface area contributed by atoms with E-state index in [0.717, 1.165) is 17.4 Å². The number of halogens is 2. The average Bonchev–Trinajstić information content (AvgIpc) is 2.54. The van der Waals surface area contributed by atoms with E-state index in [1.54, 1.807) is 6.07 Å². The number of hydrogen-bond donors (Lipinski definition) is 1. The molecular weight excluding hydrogens is 265 g/mol. The smallest absolute Gasteiger partial charge is 1.00 e. The summed E-state index contributed by atoms with van der Waals surface area (Å²) in [5, 5.41) is 8.52. The number of rotatable bonds is 0. The number of thiazole rings is 1. The third-order valence-corrected chi connectivity index (χ3v) is 2.94. The molecule has 15 heavy (non-hydrogen) atoms. The molecule has 2 nitrogen and oxygen atoms in total. The summed E-state index contributed by atoms with van der Waals surface area (Å²) in [7, 11) is 0. The van der Waals surface area contributed by atoms with Crippen molar-refractivity contribution in [2.24, 2.45) is 0 Å². The molecule has 0 aliphatic carbocycles. The van der Waals surface area contributed by atoms with Gasteiger partial charge in [0.2, 0.25) is 0 Å². The number of H-pyrrole nitrogens is 1. The van der Waals surface area contributed by atoms with E-state index in [-0.39, 0.29) is 72.5 Å². The largest absolute Gasteiger partial charge is 1.00 e. The molecule has 0 amide bonds. The van der Waals surface area contributed by atoms with Gasteiger partial charge in [-0.3, -0.25) is 0 Å². The summed E-state index contributed by atoms with van der Waals surface area (Å²) < 4.78 is 27.0. The third-order valence-electron chi connectivity index (χ3n) is 1.72. The zero-order chi connectivity index (χ0) is 10.3. The minimum atomic E-state index is -0.721. The summed E-state index contributed by atoms with van der Waals surface area (Å²) in [6.07, 6.45) is 0. The third kappa shape index (κ3) is 2.36. The van der Waals surface area contributed by atoms with E-state index in [0.29, 0.717) is 0 Å². The molecule has 1 N–H and O–H groups in total. The van der Waals surface area contributed by atoms with Crippen LogP contribution in [0.4, 0.5) is 8.78 Å². The standard InChI is InChI=1S/C8H2F2N2S2.K.H/c9-4-1-3(2-11)5(10)7-6(4)12-8(13)14-7;;/h1H,(H,12,13);;/q;+1;-1. The summed E-state index contributed by atoms with van der Waals surface area (Å²) in [6, 6.07) is 2.44. The first-order valence-corrected chi connectivity index (χ1v) is 4.77. The van der Waals surface area contributed by atoms with Crippen LogP contribution in [-0.4, -0.2) is 4.98 Å². The Hall–Kier alpha value is 0.316. The zero-order valence-corrected chi connectivity index (χ0v) is 12.4. The molecule has 1 heterocycles. The Balaban J connectivity index is 0.00000112. The fraction of sp³-hybridized carbons (Fsp3) is 0. The molecule has 2 rings (SSSR count). The van der Waals surface area contributed by atoms with Crippen LogP contribution in [0.15, 0.2) is 6.07 Å². The molecule has 0 saturated carbocycles. The van der Waals surface area contributed by atoms with Crippen molar-refractivity contribution in [3.63, 3.8) is 0 Å². The molecule has 0 saturated heterocycles. The predicted molar refractivity (Wildman–Crippen MR) is 52.8 cm³/mol. The average molecular weight is 268 g/mol. The number of aromatic amines is 1. The summed E-state index contributed by atoms with van der Waals surface area (Å²) >= 11 is 5.67. The van der Waals surface area contributed by atoms with Crippen molar-refractivity contribution < 1.29 is 61.6 Å². The minimum absolute atomic E-state index is 0. The van der Waals surface area contributed by atoms with Gasteiger partial charge in [-0.1, -0.05) is 0 Å². The molecular formula is C8H3F2KN2S2. The molecule has 0 atom stereocenters. The maximum atomic E-state index is 13.4. The summed E-state index contributed by atoms with van der Waals surface area (Å²) in [6.45, 7) is 0. The van der Waals surface area contributed by atoms with Gasteiger partial charge in [-0.25, -0.2) is 8.78 Å². The summed E-state index contributed by atoms with van der Waals surface area (Å²) in [4.78, 5) is 2.53. The van der Waals surface area contributed by atoms with Gasteiger partial charge in [0.25, 0.3) is 0 Å². The number of nitrogens with zero attached hydrogens (tertiary/aromatic N) is 1. The summed E-state index contributed by atoms with van der Waals surface area (Å²) in [5.74, 6) is -1.38. The van der Waals surface area contributed by atoms with E-state index in [1.807, 2.05) is 0 Å². The first-order valence-electron chi connectivity index (χ1n) is 3.54. The van der Waals surface area contributed by atoms with Gasteiger partial charge >= 0.3 is 51.4 Å². The van der Waals surface area contributed by atoms with Crippen molar-refractivity contribution in [3.8, 4) is 6.07 Å². The molecule has 0 aliphatic rings. The molecule has 1 aromatic carbocycles. The van der Waals surface area contributed by atoms with Gasteiger partial charge in [0.1, 0.15) is 11.9 Å². The minimum Gasteiger partial charge on any atom is -1.00 e. The number of nitrogens with one attached hydrogen (secondary N) is 1. The van der Waals surface area contributed by atoms with Crippen LogP contribution in [0.25, 0.3) is 10.2 Å². The van der Waals surface area contributed by atoms with Crippen molar-refractivity contribution in [1.82, 2.24) is 4.98 Å². The van der Waals surface area contributed by atoms with Crippen molar-refractivity contribution in [1.29, 1.82) is 5.26 Å². The van der Waals surface area contributed by atoms with E-state index < -0.39 is 11.6 Å². The van der Waals surface area contributed by atoms with Crippen molar-refractivity contribution in [3.05, 3.63) is 27.2 Å². The van der Waals surface area contributed by atoms with Gasteiger partial charge in [-0.05, 0) is 18.3 Å². The van der Waals surface area contributed by atoms with Crippen LogP contribution >= 0.6 is 23.6 Å². The Kier molecular flexibility index (Phi) is 4.55. The van der Waals surface area contributed by atoms with Crippen LogP contribution in [0.1, 0.15) is 6.99 Å². The maximum Gasteiger partial charge on any atom is 1.00 e. The molecule has 7 heteroatoms. The van der Waals surface area contributed by atoms with Crippen LogP contribution in [0.5, 0.6) is 0 Å². The number of aromatic nitrogens is 1. The number of hydrogen-bond acceptors (Lipinski definition) is 3. The molecule has 0 spiro atoms. The van der Waals surface area contributed by atoms with Gasteiger partial charge in [0.05, 0.1) is 15.8 Å². The van der Waals surface area contributed by atoms with Crippen LogP contribution in [0, 0.1) is 26.9 Å². The Morgan fingerprint density at radius 3 is 2.80 bits per heavy atom. The topological polar surface area (TPSA) is 39.6 Å². The van der Waals surface area contributed by atoms with Crippen molar-refractivity contribution in [2.75, 3.05) is 0 Å². The van der Waals surface area contributed by atoms with E-state index in [1.165, 1.54) is 0 Å². The first-order chi connectivity index (χ1) is 6.63. The number of fused-ring (bicyclic) bond motifs is 1. The molecule has 1 aromatic heterocycles. The fourth-order valence-electron chi connectivity index (χ4n) is 1.12.